The molecule has 0 aliphatic carbocycles. The van der Waals surface area contributed by atoms with Gasteiger partial charge >= 0.3 is 5.97 Å². The summed E-state index contributed by atoms with van der Waals surface area (Å²) in [5.41, 5.74) is 6.05. The standard InChI is InChI=1S/C13H19NO2S/c1-13(2,3)16-12(15)5-4-10-8-11(6-7-14)17-9-10/h4-5,8-9H,6-7,14H2,1-3H3. The number of hydrogen-bond donors (Lipinski definition) is 1. The van der Waals surface area contributed by atoms with E-state index in [4.69, 9.17) is 10.5 Å². The first-order valence-corrected chi connectivity index (χ1v) is 6.47. The third-order valence-corrected chi connectivity index (χ3v) is 2.90. The second kappa shape index (κ2) is 5.98. The van der Waals surface area contributed by atoms with Gasteiger partial charge < -0.3 is 10.5 Å². The fraction of sp³-hybridized carbons (Fsp3) is 0.462. The second-order valence-electron chi connectivity index (χ2n) is 4.75. The Morgan fingerprint density at radius 1 is 1.53 bits per heavy atom. The van der Waals surface area contributed by atoms with Crippen LogP contribution >= 0.6 is 11.3 Å². The summed E-state index contributed by atoms with van der Waals surface area (Å²) in [6, 6.07) is 2.04. The van der Waals surface area contributed by atoms with Crippen LogP contribution < -0.4 is 5.73 Å². The average molecular weight is 253 g/mol. The Kier molecular flexibility index (Phi) is 4.90. The van der Waals surface area contributed by atoms with Crippen LogP contribution in [0, 0.1) is 0 Å². The highest BCUT2D eigenvalue weighted by atomic mass is 32.1. The molecule has 0 radical (unpaired) electrons. The summed E-state index contributed by atoms with van der Waals surface area (Å²) in [7, 11) is 0. The van der Waals surface area contributed by atoms with Gasteiger partial charge in [-0.15, -0.1) is 11.3 Å². The SMILES string of the molecule is CC(C)(C)OC(=O)C=Cc1csc(CCN)c1. The zero-order valence-corrected chi connectivity index (χ0v) is 11.3. The Labute approximate surface area is 106 Å². The number of rotatable bonds is 4. The molecule has 1 heterocycles. The summed E-state index contributed by atoms with van der Waals surface area (Å²) in [6.07, 6.45) is 4.11. The molecule has 2 N–H and O–H groups in total. The van der Waals surface area contributed by atoms with Crippen molar-refractivity contribution in [3.8, 4) is 0 Å². The normalized spacial score (nSPS) is 12.0. The van der Waals surface area contributed by atoms with Crippen LogP contribution in [0.25, 0.3) is 6.08 Å². The highest BCUT2D eigenvalue weighted by Crippen LogP contribution is 2.16. The molecule has 4 heteroatoms. The third kappa shape index (κ3) is 5.65. The Hall–Kier alpha value is -1.13. The molecule has 0 spiro atoms. The third-order valence-electron chi connectivity index (χ3n) is 1.88. The minimum absolute atomic E-state index is 0.316. The van der Waals surface area contributed by atoms with E-state index in [-0.39, 0.29) is 5.97 Å². The van der Waals surface area contributed by atoms with E-state index in [1.165, 1.54) is 11.0 Å². The molecule has 1 rings (SSSR count). The van der Waals surface area contributed by atoms with Gasteiger partial charge in [0.15, 0.2) is 0 Å². The fourth-order valence-electron chi connectivity index (χ4n) is 1.26. The number of ether oxygens (including phenoxy) is 1. The van der Waals surface area contributed by atoms with Gasteiger partial charge in [-0.3, -0.25) is 0 Å². The van der Waals surface area contributed by atoms with Gasteiger partial charge in [-0.25, -0.2) is 4.79 Å². The molecule has 94 valence electrons. The van der Waals surface area contributed by atoms with Gasteiger partial charge in [0.2, 0.25) is 0 Å². The van der Waals surface area contributed by atoms with Gasteiger partial charge in [0.1, 0.15) is 5.60 Å². The van der Waals surface area contributed by atoms with Crippen molar-refractivity contribution in [2.45, 2.75) is 32.8 Å². The quantitative estimate of drug-likeness (QED) is 0.663. The molecule has 0 amide bonds. The lowest BCUT2D eigenvalue weighted by molar-refractivity contribution is -0.148. The van der Waals surface area contributed by atoms with Crippen molar-refractivity contribution in [3.05, 3.63) is 28.0 Å². The number of nitrogens with two attached hydrogens (primary N) is 1. The molecule has 0 aromatic carbocycles. The Morgan fingerprint density at radius 3 is 2.82 bits per heavy atom. The number of thiophene rings is 1. The topological polar surface area (TPSA) is 52.3 Å². The van der Waals surface area contributed by atoms with E-state index in [0.29, 0.717) is 6.54 Å². The first-order chi connectivity index (χ1) is 7.90. The molecule has 0 saturated heterocycles. The van der Waals surface area contributed by atoms with Gasteiger partial charge in [-0.2, -0.15) is 0 Å². The van der Waals surface area contributed by atoms with Crippen molar-refractivity contribution < 1.29 is 9.53 Å². The smallest absolute Gasteiger partial charge is 0.331 e. The van der Waals surface area contributed by atoms with Crippen LogP contribution in [0.5, 0.6) is 0 Å². The van der Waals surface area contributed by atoms with Crippen LogP contribution in [0.2, 0.25) is 0 Å². The fourth-order valence-corrected chi connectivity index (χ4v) is 2.13. The van der Waals surface area contributed by atoms with Gasteiger partial charge in [-0.1, -0.05) is 0 Å². The van der Waals surface area contributed by atoms with Gasteiger partial charge in [0.05, 0.1) is 0 Å². The predicted octanol–water partition coefficient (Wildman–Crippen LogP) is 2.60. The van der Waals surface area contributed by atoms with E-state index in [9.17, 15) is 4.79 Å². The van der Waals surface area contributed by atoms with Gasteiger partial charge in [0, 0.05) is 11.0 Å². The minimum atomic E-state index is -0.444. The highest BCUT2D eigenvalue weighted by Gasteiger charge is 2.13. The molecular formula is C13H19NO2S. The Morgan fingerprint density at radius 2 is 2.24 bits per heavy atom. The van der Waals surface area contributed by atoms with Crippen LogP contribution in [0.15, 0.2) is 17.5 Å². The molecule has 0 aliphatic rings. The molecule has 1 aromatic rings. The molecule has 0 bridgehead atoms. The number of carbonyl (C=O) groups is 1. The Bertz CT molecular complexity index is 402. The van der Waals surface area contributed by atoms with Crippen molar-refractivity contribution >= 4 is 23.4 Å². The zero-order valence-electron chi connectivity index (χ0n) is 10.5. The summed E-state index contributed by atoms with van der Waals surface area (Å²) in [5, 5.41) is 2.01. The van der Waals surface area contributed by atoms with E-state index in [0.717, 1.165) is 12.0 Å². The molecule has 0 aliphatic heterocycles. The van der Waals surface area contributed by atoms with Gasteiger partial charge in [-0.05, 0) is 56.8 Å². The Balaban J connectivity index is 2.55. The maximum absolute atomic E-state index is 11.4. The molecule has 1 aromatic heterocycles. The summed E-state index contributed by atoms with van der Waals surface area (Å²) in [5.74, 6) is -0.316. The predicted molar refractivity (Wildman–Crippen MR) is 72.0 cm³/mol. The van der Waals surface area contributed by atoms with E-state index < -0.39 is 5.60 Å². The van der Waals surface area contributed by atoms with Crippen LogP contribution in [0.1, 0.15) is 31.2 Å². The molecule has 0 atom stereocenters. The summed E-state index contributed by atoms with van der Waals surface area (Å²) in [6.45, 7) is 6.20. The lowest BCUT2D eigenvalue weighted by atomic mass is 10.2. The van der Waals surface area contributed by atoms with Crippen molar-refractivity contribution in [3.63, 3.8) is 0 Å². The number of hydrogen-bond acceptors (Lipinski definition) is 4. The first-order valence-electron chi connectivity index (χ1n) is 5.59. The van der Waals surface area contributed by atoms with Crippen LogP contribution in [0.3, 0.4) is 0 Å². The van der Waals surface area contributed by atoms with Crippen LogP contribution in [0.4, 0.5) is 0 Å². The average Bonchev–Trinajstić information content (AvgIpc) is 2.61. The molecule has 0 unspecified atom stereocenters. The van der Waals surface area contributed by atoms with E-state index in [1.807, 2.05) is 32.2 Å². The van der Waals surface area contributed by atoms with Crippen molar-refractivity contribution in [1.29, 1.82) is 0 Å². The monoisotopic (exact) mass is 253 g/mol. The lowest BCUT2D eigenvalue weighted by Crippen LogP contribution is -2.22. The molecule has 3 nitrogen and oxygen atoms in total. The van der Waals surface area contributed by atoms with Crippen LogP contribution in [-0.4, -0.2) is 18.1 Å². The summed E-state index contributed by atoms with van der Waals surface area (Å²) < 4.78 is 5.17. The van der Waals surface area contributed by atoms with Crippen molar-refractivity contribution in [1.82, 2.24) is 0 Å². The number of carbonyl (C=O) groups excluding carboxylic acids is 1. The first kappa shape index (κ1) is 13.9. The second-order valence-corrected chi connectivity index (χ2v) is 5.75. The molecular weight excluding hydrogens is 234 g/mol. The van der Waals surface area contributed by atoms with E-state index in [1.54, 1.807) is 17.4 Å². The highest BCUT2D eigenvalue weighted by molar-refractivity contribution is 7.10. The maximum atomic E-state index is 11.4. The summed E-state index contributed by atoms with van der Waals surface area (Å²) in [4.78, 5) is 12.7. The maximum Gasteiger partial charge on any atom is 0.331 e. The van der Waals surface area contributed by atoms with Gasteiger partial charge in [0.25, 0.3) is 0 Å². The summed E-state index contributed by atoms with van der Waals surface area (Å²) >= 11 is 1.66. The van der Waals surface area contributed by atoms with E-state index in [2.05, 4.69) is 0 Å². The lowest BCUT2D eigenvalue weighted by Gasteiger charge is -2.17. The number of esters is 1. The van der Waals surface area contributed by atoms with Crippen molar-refractivity contribution in [2.24, 2.45) is 5.73 Å². The van der Waals surface area contributed by atoms with Crippen molar-refractivity contribution in [2.75, 3.05) is 6.54 Å². The molecule has 0 saturated carbocycles. The zero-order chi connectivity index (χ0) is 12.9. The molecule has 17 heavy (non-hydrogen) atoms. The largest absolute Gasteiger partial charge is 0.457 e. The van der Waals surface area contributed by atoms with Crippen LogP contribution in [-0.2, 0) is 16.0 Å². The molecule has 0 fully saturated rings. The van der Waals surface area contributed by atoms with E-state index >= 15 is 0 Å². The minimum Gasteiger partial charge on any atom is -0.457 e.